The second-order valence-electron chi connectivity index (χ2n) is 9.40. The average molecular weight is 396 g/mol. The number of hydrogen-bond acceptors (Lipinski definition) is 0. The fourth-order valence-electron chi connectivity index (χ4n) is 2.64. The van der Waals surface area contributed by atoms with Crippen LogP contribution in [-0.4, -0.2) is 54.7 Å². The van der Waals surface area contributed by atoms with Crippen LogP contribution in [-0.2, 0) is 0 Å². The molecule has 0 unspecified atom stereocenters. The quantitative estimate of drug-likeness (QED) is 0.624. The van der Waals surface area contributed by atoms with Crippen molar-refractivity contribution >= 4 is 48.7 Å². The van der Waals surface area contributed by atoms with Crippen molar-refractivity contribution in [2.24, 2.45) is 0 Å². The zero-order chi connectivity index (χ0) is 15.9. The van der Waals surface area contributed by atoms with Gasteiger partial charge in [-0.15, -0.1) is 0 Å². The van der Waals surface area contributed by atoms with E-state index >= 15 is 0 Å². The standard InChI is InChI=1S/C12H36AsN2Si4/c1-16(2,3)14(17(4,5)6)13-15(18(7,8)9)19(10,11)12/h1-12H3/q+1. The third kappa shape index (κ3) is 6.65. The van der Waals surface area contributed by atoms with Gasteiger partial charge in [-0.2, -0.15) is 0 Å². The first kappa shape index (κ1) is 20.2. The average Bonchev–Trinajstić information content (AvgIpc) is 1.91. The summed E-state index contributed by atoms with van der Waals surface area (Å²) in [5, 5.41) is 0. The van der Waals surface area contributed by atoms with Crippen molar-refractivity contribution in [1.29, 1.82) is 0 Å². The fourth-order valence-corrected chi connectivity index (χ4v) is 30.7. The first-order chi connectivity index (χ1) is 7.97. The van der Waals surface area contributed by atoms with Crippen LogP contribution in [0.4, 0.5) is 0 Å². The molecule has 0 fully saturated rings. The van der Waals surface area contributed by atoms with E-state index in [2.05, 4.69) is 84.5 Å². The first-order valence-electron chi connectivity index (χ1n) is 7.29. The van der Waals surface area contributed by atoms with Crippen LogP contribution in [0.25, 0.3) is 0 Å². The van der Waals surface area contributed by atoms with Crippen molar-refractivity contribution in [3.8, 4) is 0 Å². The van der Waals surface area contributed by atoms with Crippen molar-refractivity contribution < 1.29 is 2.77 Å². The molecule has 0 rings (SSSR count). The molecule has 0 saturated heterocycles. The summed E-state index contributed by atoms with van der Waals surface area (Å²) in [6, 6.07) is 0. The molecule has 7 heteroatoms. The van der Waals surface area contributed by atoms with Crippen LogP contribution in [0, 0.1) is 0 Å². The van der Waals surface area contributed by atoms with Crippen molar-refractivity contribution in [3.05, 3.63) is 0 Å². The molecule has 0 bridgehead atoms. The van der Waals surface area contributed by atoms with Gasteiger partial charge in [-0.25, -0.2) is 0 Å². The van der Waals surface area contributed by atoms with Gasteiger partial charge >= 0.3 is 133 Å². The van der Waals surface area contributed by atoms with Crippen molar-refractivity contribution in [2.75, 3.05) is 0 Å². The number of nitrogens with zero attached hydrogens (tertiary/aromatic N) is 2. The molecule has 0 aliphatic heterocycles. The van der Waals surface area contributed by atoms with Crippen LogP contribution < -0.4 is 0 Å². The van der Waals surface area contributed by atoms with Crippen LogP contribution in [0.15, 0.2) is 0 Å². The fraction of sp³-hybridized carbons (Fsp3) is 1.00. The zero-order valence-corrected chi connectivity index (χ0v) is 21.2. The molecule has 19 heavy (non-hydrogen) atoms. The Kier molecular flexibility index (Phi) is 6.51. The predicted molar refractivity (Wildman–Crippen MR) is 101 cm³/mol. The Morgan fingerprint density at radius 3 is 1.00 bits per heavy atom. The molecular formula is C12H36AsN2Si4+. The van der Waals surface area contributed by atoms with E-state index in [1.807, 2.05) is 0 Å². The second kappa shape index (κ2) is 6.13. The van der Waals surface area contributed by atoms with E-state index in [9.17, 15) is 0 Å². The molecule has 0 saturated carbocycles. The van der Waals surface area contributed by atoms with E-state index in [0.29, 0.717) is 0 Å². The summed E-state index contributed by atoms with van der Waals surface area (Å²) in [4.78, 5) is 0. The van der Waals surface area contributed by atoms with Crippen molar-refractivity contribution in [1.82, 2.24) is 3.15 Å². The topological polar surface area (TPSA) is 6.25 Å². The molecule has 0 aliphatic carbocycles. The molecule has 0 aliphatic rings. The van der Waals surface area contributed by atoms with Gasteiger partial charge in [-0.05, 0) is 0 Å². The third-order valence-corrected chi connectivity index (χ3v) is 33.6. The number of hydrogen-bond donors (Lipinski definition) is 0. The molecular weight excluding hydrogens is 359 g/mol. The normalized spacial score (nSPS) is 15.2. The van der Waals surface area contributed by atoms with Gasteiger partial charge in [0.15, 0.2) is 0 Å². The Morgan fingerprint density at radius 1 is 0.579 bits per heavy atom. The van der Waals surface area contributed by atoms with Crippen LogP contribution >= 0.6 is 0 Å². The third-order valence-electron chi connectivity index (χ3n) is 2.72. The summed E-state index contributed by atoms with van der Waals surface area (Å²) in [5.41, 5.74) is 0. The minimum atomic E-state index is -1.20. The van der Waals surface area contributed by atoms with Crippen LogP contribution in [0.2, 0.25) is 78.6 Å². The van der Waals surface area contributed by atoms with Gasteiger partial charge in [0.1, 0.15) is 0 Å². The molecule has 0 radical (unpaired) electrons. The van der Waals surface area contributed by atoms with Crippen molar-refractivity contribution in [3.63, 3.8) is 0 Å². The Morgan fingerprint density at radius 2 is 0.842 bits per heavy atom. The Balaban J connectivity index is 5.91. The molecule has 0 N–H and O–H groups in total. The maximum atomic E-state index is 3.03. The molecule has 0 heterocycles. The predicted octanol–water partition coefficient (Wildman–Crippen LogP) is 4.44. The summed E-state index contributed by atoms with van der Waals surface area (Å²) in [6.45, 7) is 30.4. The molecule has 2 nitrogen and oxygen atoms in total. The van der Waals surface area contributed by atoms with Gasteiger partial charge in [0.05, 0.1) is 0 Å². The molecule has 0 aromatic rings. The summed E-state index contributed by atoms with van der Waals surface area (Å²) >= 11 is 0.223. The van der Waals surface area contributed by atoms with E-state index in [1.54, 1.807) is 0 Å². The van der Waals surface area contributed by atoms with Gasteiger partial charge < -0.3 is 0 Å². The minimum absolute atomic E-state index is 0.223. The van der Waals surface area contributed by atoms with Crippen LogP contribution in [0.3, 0.4) is 0 Å². The van der Waals surface area contributed by atoms with Gasteiger partial charge in [0.25, 0.3) is 0 Å². The number of rotatable bonds is 5. The SMILES string of the molecule is C[Si](C)(C)N([As]=[N+]([Si](C)(C)C)[Si](C)(C)C)[Si](C)(C)C. The van der Waals surface area contributed by atoms with Gasteiger partial charge in [-0.3, -0.25) is 0 Å². The van der Waals surface area contributed by atoms with Crippen LogP contribution in [0.1, 0.15) is 0 Å². The Bertz CT molecular complexity index is 313. The second-order valence-corrected chi connectivity index (χ2v) is 34.8. The Labute approximate surface area is 133 Å². The van der Waals surface area contributed by atoms with Gasteiger partial charge in [0.2, 0.25) is 0 Å². The zero-order valence-electron chi connectivity index (χ0n) is 15.3. The van der Waals surface area contributed by atoms with E-state index in [-0.39, 0.29) is 15.8 Å². The molecule has 0 atom stereocenters. The summed E-state index contributed by atoms with van der Waals surface area (Å²) in [6.07, 6.45) is 0. The van der Waals surface area contributed by atoms with Gasteiger partial charge in [-0.1, -0.05) is 0 Å². The monoisotopic (exact) mass is 395 g/mol. The molecule has 0 spiro atoms. The van der Waals surface area contributed by atoms with E-state index < -0.39 is 32.9 Å². The van der Waals surface area contributed by atoms with Crippen LogP contribution in [0.5, 0.6) is 0 Å². The molecule has 114 valence electrons. The van der Waals surface area contributed by atoms with E-state index in [1.165, 1.54) is 0 Å². The maximum absolute atomic E-state index is 3.03. The summed E-state index contributed by atoms with van der Waals surface area (Å²) < 4.78 is 6.07. The van der Waals surface area contributed by atoms with E-state index in [4.69, 9.17) is 0 Å². The summed E-state index contributed by atoms with van der Waals surface area (Å²) in [5.74, 6) is 0. The van der Waals surface area contributed by atoms with Gasteiger partial charge in [0, 0.05) is 0 Å². The molecule has 0 aromatic carbocycles. The Hall–Kier alpha value is 1.19. The summed E-state index contributed by atoms with van der Waals surface area (Å²) in [7, 11) is -4.81. The van der Waals surface area contributed by atoms with E-state index in [0.717, 1.165) is 0 Å². The molecule has 0 aromatic heterocycles. The molecule has 0 amide bonds. The van der Waals surface area contributed by atoms with Crippen molar-refractivity contribution in [2.45, 2.75) is 78.6 Å². The first-order valence-corrected chi connectivity index (χ1v) is 22.8.